The number of rotatable bonds is 8. The van der Waals surface area contributed by atoms with Crippen molar-refractivity contribution < 1.29 is 23.8 Å². The Morgan fingerprint density at radius 2 is 1.65 bits per heavy atom. The normalized spacial score (nSPS) is 11.3. The van der Waals surface area contributed by atoms with Crippen LogP contribution in [0.5, 0.6) is 5.75 Å². The lowest BCUT2D eigenvalue weighted by Gasteiger charge is -2.15. The van der Waals surface area contributed by atoms with Crippen molar-refractivity contribution in [2.24, 2.45) is 0 Å². The molecule has 0 saturated carbocycles. The van der Waals surface area contributed by atoms with Gasteiger partial charge < -0.3 is 19.5 Å². The van der Waals surface area contributed by atoms with Gasteiger partial charge in [-0.15, -0.1) is 0 Å². The third kappa shape index (κ3) is 6.45. The minimum atomic E-state index is -0.673. The van der Waals surface area contributed by atoms with Gasteiger partial charge in [-0.05, 0) is 37.3 Å². The second kappa shape index (κ2) is 10.0. The Bertz CT molecular complexity index is 721. The van der Waals surface area contributed by atoms with Crippen molar-refractivity contribution >= 4 is 23.4 Å². The maximum Gasteiger partial charge on any atom is 0.411 e. The molecule has 0 aliphatic rings. The van der Waals surface area contributed by atoms with Gasteiger partial charge in [0.05, 0.1) is 6.61 Å². The average molecular weight is 358 g/mol. The second-order valence-electron chi connectivity index (χ2n) is 5.40. The van der Waals surface area contributed by atoms with Crippen molar-refractivity contribution in [1.29, 1.82) is 0 Å². The molecule has 0 heterocycles. The summed E-state index contributed by atoms with van der Waals surface area (Å²) in [4.78, 5) is 23.9. The first-order valence-corrected chi connectivity index (χ1v) is 8.14. The summed E-state index contributed by atoms with van der Waals surface area (Å²) in [7, 11) is 1.52. The van der Waals surface area contributed by atoms with Gasteiger partial charge >= 0.3 is 6.09 Å². The number of ether oxygens (including phenoxy) is 3. The predicted octanol–water partition coefficient (Wildman–Crippen LogP) is 3.29. The van der Waals surface area contributed by atoms with E-state index in [1.165, 1.54) is 7.11 Å². The van der Waals surface area contributed by atoms with Crippen molar-refractivity contribution in [3.8, 4) is 5.75 Å². The lowest BCUT2D eigenvalue weighted by Crippen LogP contribution is -2.30. The van der Waals surface area contributed by atoms with Crippen LogP contribution >= 0.6 is 0 Å². The van der Waals surface area contributed by atoms with Crippen LogP contribution in [0.4, 0.5) is 16.2 Å². The molecule has 7 nitrogen and oxygen atoms in total. The summed E-state index contributed by atoms with van der Waals surface area (Å²) in [5.41, 5.74) is 1.04. The van der Waals surface area contributed by atoms with Crippen LogP contribution in [0.3, 0.4) is 0 Å². The summed E-state index contributed by atoms with van der Waals surface area (Å²) >= 11 is 0. The van der Waals surface area contributed by atoms with Crippen molar-refractivity contribution in [2.75, 3.05) is 31.0 Å². The van der Waals surface area contributed by atoms with Crippen LogP contribution in [-0.4, -0.2) is 38.4 Å². The van der Waals surface area contributed by atoms with Crippen LogP contribution in [0.2, 0.25) is 0 Å². The van der Waals surface area contributed by atoms with Crippen LogP contribution in [0, 0.1) is 0 Å². The molecule has 2 rings (SSSR count). The van der Waals surface area contributed by atoms with Gasteiger partial charge in [0.25, 0.3) is 5.91 Å². The first-order chi connectivity index (χ1) is 12.6. The molecule has 7 heteroatoms. The molecule has 0 aromatic heterocycles. The van der Waals surface area contributed by atoms with Crippen molar-refractivity contribution in [3.63, 3.8) is 0 Å². The van der Waals surface area contributed by atoms with Crippen molar-refractivity contribution in [3.05, 3.63) is 54.6 Å². The molecule has 0 aliphatic heterocycles. The SMILES string of the molecule is COCCOC(=O)Nc1cccc(NC(=O)C(C)Oc2ccccc2)c1. The van der Waals surface area contributed by atoms with Gasteiger partial charge in [0.1, 0.15) is 12.4 Å². The first-order valence-electron chi connectivity index (χ1n) is 8.14. The van der Waals surface area contributed by atoms with Crippen molar-refractivity contribution in [2.45, 2.75) is 13.0 Å². The highest BCUT2D eigenvalue weighted by Crippen LogP contribution is 2.17. The molecule has 138 valence electrons. The molecule has 1 unspecified atom stereocenters. The summed E-state index contributed by atoms with van der Waals surface area (Å²) in [5, 5.41) is 5.34. The Kier molecular flexibility index (Phi) is 7.45. The zero-order valence-electron chi connectivity index (χ0n) is 14.7. The van der Waals surface area contributed by atoms with E-state index in [0.29, 0.717) is 23.7 Å². The van der Waals surface area contributed by atoms with Gasteiger partial charge in [0.2, 0.25) is 0 Å². The van der Waals surface area contributed by atoms with E-state index in [-0.39, 0.29) is 12.5 Å². The van der Waals surface area contributed by atoms with Gasteiger partial charge in [-0.25, -0.2) is 4.79 Å². The van der Waals surface area contributed by atoms with Crippen LogP contribution in [0.25, 0.3) is 0 Å². The summed E-state index contributed by atoms with van der Waals surface area (Å²) < 4.78 is 15.3. The number of methoxy groups -OCH3 is 1. The highest BCUT2D eigenvalue weighted by molar-refractivity contribution is 5.95. The first kappa shape index (κ1) is 19.3. The average Bonchev–Trinajstić information content (AvgIpc) is 2.63. The molecule has 2 N–H and O–H groups in total. The monoisotopic (exact) mass is 358 g/mol. The van der Waals surface area contributed by atoms with E-state index in [9.17, 15) is 9.59 Å². The Hall–Kier alpha value is -3.06. The molecule has 1 atom stereocenters. The number of carbonyl (C=O) groups excluding carboxylic acids is 2. The van der Waals surface area contributed by atoms with E-state index in [1.54, 1.807) is 43.3 Å². The largest absolute Gasteiger partial charge is 0.481 e. The quantitative estimate of drug-likeness (QED) is 0.707. The van der Waals surface area contributed by atoms with E-state index in [2.05, 4.69) is 10.6 Å². The van der Waals surface area contributed by atoms with E-state index < -0.39 is 12.2 Å². The van der Waals surface area contributed by atoms with Crippen LogP contribution in [0.15, 0.2) is 54.6 Å². The number of para-hydroxylation sites is 1. The summed E-state index contributed by atoms with van der Waals surface area (Å²) in [6.45, 7) is 2.15. The highest BCUT2D eigenvalue weighted by Gasteiger charge is 2.15. The maximum absolute atomic E-state index is 12.3. The lowest BCUT2D eigenvalue weighted by molar-refractivity contribution is -0.122. The number of hydrogen-bond donors (Lipinski definition) is 2. The number of benzene rings is 2. The Balaban J connectivity index is 1.88. The molecule has 2 amide bonds. The van der Waals surface area contributed by atoms with Crippen molar-refractivity contribution in [1.82, 2.24) is 0 Å². The standard InChI is InChI=1S/C19H22N2O5/c1-14(26-17-9-4-3-5-10-17)18(22)20-15-7-6-8-16(13-15)21-19(23)25-12-11-24-2/h3-10,13-14H,11-12H2,1-2H3,(H,20,22)(H,21,23). The molecular formula is C19H22N2O5. The number of amides is 2. The van der Waals surface area contributed by atoms with Gasteiger partial charge in [-0.2, -0.15) is 0 Å². The summed E-state index contributed by atoms with van der Waals surface area (Å²) in [6, 6.07) is 15.9. The number of anilines is 2. The zero-order valence-corrected chi connectivity index (χ0v) is 14.7. The molecule has 26 heavy (non-hydrogen) atoms. The van der Waals surface area contributed by atoms with Gasteiger partial charge in [-0.1, -0.05) is 24.3 Å². The Morgan fingerprint density at radius 3 is 2.35 bits per heavy atom. The molecule has 0 fully saturated rings. The van der Waals surface area contributed by atoms with Gasteiger partial charge in [0, 0.05) is 18.5 Å². The molecule has 2 aromatic rings. The minimum Gasteiger partial charge on any atom is -0.481 e. The third-order valence-corrected chi connectivity index (χ3v) is 3.32. The molecule has 0 saturated heterocycles. The number of carbonyl (C=O) groups is 2. The smallest absolute Gasteiger partial charge is 0.411 e. The Labute approximate surface area is 152 Å². The van der Waals surface area contributed by atoms with E-state index in [1.807, 2.05) is 18.2 Å². The van der Waals surface area contributed by atoms with Gasteiger partial charge in [-0.3, -0.25) is 10.1 Å². The molecule has 0 bridgehead atoms. The fourth-order valence-corrected chi connectivity index (χ4v) is 2.05. The molecule has 0 spiro atoms. The molecular weight excluding hydrogens is 336 g/mol. The molecule has 2 aromatic carbocycles. The fourth-order valence-electron chi connectivity index (χ4n) is 2.05. The Morgan fingerprint density at radius 1 is 0.962 bits per heavy atom. The number of hydrogen-bond acceptors (Lipinski definition) is 5. The van der Waals surface area contributed by atoms with Gasteiger partial charge in [0.15, 0.2) is 6.10 Å². The van der Waals surface area contributed by atoms with Crippen LogP contribution in [0.1, 0.15) is 6.92 Å². The van der Waals surface area contributed by atoms with Crippen LogP contribution < -0.4 is 15.4 Å². The topological polar surface area (TPSA) is 85.9 Å². The minimum absolute atomic E-state index is 0.160. The van der Waals surface area contributed by atoms with Crippen LogP contribution in [-0.2, 0) is 14.3 Å². The number of nitrogens with one attached hydrogen (secondary N) is 2. The third-order valence-electron chi connectivity index (χ3n) is 3.32. The highest BCUT2D eigenvalue weighted by atomic mass is 16.6. The zero-order chi connectivity index (χ0) is 18.8. The molecule has 0 radical (unpaired) electrons. The molecule has 0 aliphatic carbocycles. The second-order valence-corrected chi connectivity index (χ2v) is 5.40. The summed E-state index contributed by atoms with van der Waals surface area (Å²) in [6.07, 6.45) is -1.26. The fraction of sp³-hybridized carbons (Fsp3) is 0.263. The van der Waals surface area contributed by atoms with E-state index in [4.69, 9.17) is 14.2 Å². The lowest BCUT2D eigenvalue weighted by atomic mass is 10.2. The van der Waals surface area contributed by atoms with E-state index in [0.717, 1.165) is 0 Å². The predicted molar refractivity (Wildman–Crippen MR) is 98.5 cm³/mol. The van der Waals surface area contributed by atoms with E-state index >= 15 is 0 Å². The summed E-state index contributed by atoms with van der Waals surface area (Å²) in [5.74, 6) is 0.318. The maximum atomic E-state index is 12.3.